The minimum atomic E-state index is -0.966. The summed E-state index contributed by atoms with van der Waals surface area (Å²) in [4.78, 5) is 22.2. The molecule has 2 N–H and O–H groups in total. The molecule has 2 unspecified atom stereocenters. The van der Waals surface area contributed by atoms with Crippen molar-refractivity contribution in [1.82, 2.24) is 5.32 Å². The molecule has 0 spiro atoms. The third-order valence-corrected chi connectivity index (χ3v) is 2.45. The van der Waals surface area contributed by atoms with Gasteiger partial charge in [-0.2, -0.15) is 0 Å². The van der Waals surface area contributed by atoms with Crippen LogP contribution in [0.4, 0.5) is 0 Å². The highest BCUT2D eigenvalue weighted by molar-refractivity contribution is 5.84. The number of ether oxygens (including phenoxy) is 1. The van der Waals surface area contributed by atoms with E-state index in [-0.39, 0.29) is 5.91 Å². The van der Waals surface area contributed by atoms with Crippen molar-refractivity contribution < 1.29 is 19.4 Å². The van der Waals surface area contributed by atoms with Gasteiger partial charge in [0.15, 0.2) is 0 Å². The van der Waals surface area contributed by atoms with Crippen LogP contribution >= 0.6 is 0 Å². The molecule has 0 aliphatic heterocycles. The van der Waals surface area contributed by atoms with Crippen molar-refractivity contribution in [3.63, 3.8) is 0 Å². The third kappa shape index (κ3) is 6.73. The summed E-state index contributed by atoms with van der Waals surface area (Å²) >= 11 is 0. The third-order valence-electron chi connectivity index (χ3n) is 2.45. The molecular formula is C12H21NO4. The first-order chi connectivity index (χ1) is 7.86. The van der Waals surface area contributed by atoms with E-state index in [0.29, 0.717) is 19.8 Å². The molecule has 0 saturated carbocycles. The van der Waals surface area contributed by atoms with E-state index in [1.165, 1.54) is 6.92 Å². The molecule has 0 aliphatic carbocycles. The van der Waals surface area contributed by atoms with Crippen LogP contribution in [0.3, 0.4) is 0 Å². The van der Waals surface area contributed by atoms with Crippen LogP contribution in [0.5, 0.6) is 0 Å². The van der Waals surface area contributed by atoms with Crippen LogP contribution in [-0.2, 0) is 14.3 Å². The summed E-state index contributed by atoms with van der Waals surface area (Å²) in [5.41, 5.74) is 0.921. The van der Waals surface area contributed by atoms with E-state index in [1.807, 2.05) is 6.92 Å². The quantitative estimate of drug-likeness (QED) is 0.493. The Bertz CT molecular complexity index is 288. The Morgan fingerprint density at radius 3 is 2.41 bits per heavy atom. The average Bonchev–Trinajstić information content (AvgIpc) is 2.25. The predicted octanol–water partition coefficient (Wildman–Crippen LogP) is 1.05. The van der Waals surface area contributed by atoms with E-state index >= 15 is 0 Å². The van der Waals surface area contributed by atoms with Gasteiger partial charge in [-0.25, -0.2) is 0 Å². The van der Waals surface area contributed by atoms with Crippen LogP contribution in [0.25, 0.3) is 0 Å². The molecule has 2 atom stereocenters. The molecule has 1 amide bonds. The Kier molecular flexibility index (Phi) is 7.21. The molecule has 17 heavy (non-hydrogen) atoms. The number of amides is 1. The van der Waals surface area contributed by atoms with Gasteiger partial charge in [-0.15, -0.1) is 0 Å². The fraction of sp³-hybridized carbons (Fsp3) is 0.667. The highest BCUT2D eigenvalue weighted by Crippen LogP contribution is 2.10. The molecule has 0 radical (unpaired) electrons. The van der Waals surface area contributed by atoms with Crippen molar-refractivity contribution in [3.8, 4) is 0 Å². The summed E-state index contributed by atoms with van der Waals surface area (Å²) in [6, 6.07) is 0. The molecule has 0 heterocycles. The minimum absolute atomic E-state index is 0.265. The molecule has 0 fully saturated rings. The molecule has 0 aliphatic rings. The van der Waals surface area contributed by atoms with Crippen LogP contribution in [0.1, 0.15) is 20.8 Å². The first-order valence-electron chi connectivity index (χ1n) is 5.59. The van der Waals surface area contributed by atoms with E-state index < -0.39 is 17.8 Å². The second-order valence-electron chi connectivity index (χ2n) is 4.22. The number of hydrogen-bond acceptors (Lipinski definition) is 3. The standard InChI is InChI=1S/C12H21NO4/c1-8(2)7-17-6-5-13-11(14)9(3)10(4)12(15)16/h9-10H,1,5-7H2,2-4H3,(H,13,14)(H,15,16). The van der Waals surface area contributed by atoms with E-state index in [2.05, 4.69) is 11.9 Å². The second kappa shape index (κ2) is 7.84. The van der Waals surface area contributed by atoms with Gasteiger partial charge in [0, 0.05) is 12.5 Å². The van der Waals surface area contributed by atoms with Gasteiger partial charge in [0.2, 0.25) is 5.91 Å². The monoisotopic (exact) mass is 243 g/mol. The largest absolute Gasteiger partial charge is 0.481 e. The number of carbonyl (C=O) groups is 2. The predicted molar refractivity (Wildman–Crippen MR) is 64.6 cm³/mol. The summed E-state index contributed by atoms with van der Waals surface area (Å²) in [5, 5.41) is 11.4. The van der Waals surface area contributed by atoms with E-state index in [0.717, 1.165) is 5.57 Å². The Morgan fingerprint density at radius 2 is 1.94 bits per heavy atom. The number of carbonyl (C=O) groups excluding carboxylic acids is 1. The fourth-order valence-electron chi connectivity index (χ4n) is 1.09. The highest BCUT2D eigenvalue weighted by Gasteiger charge is 2.25. The number of rotatable bonds is 8. The summed E-state index contributed by atoms with van der Waals surface area (Å²) in [5.74, 6) is -2.47. The van der Waals surface area contributed by atoms with Gasteiger partial charge < -0.3 is 15.2 Å². The molecule has 0 aromatic rings. The molecular weight excluding hydrogens is 222 g/mol. The Hall–Kier alpha value is -1.36. The van der Waals surface area contributed by atoms with Gasteiger partial charge in [0.25, 0.3) is 0 Å². The zero-order valence-corrected chi connectivity index (χ0v) is 10.7. The zero-order chi connectivity index (χ0) is 13.4. The van der Waals surface area contributed by atoms with E-state index in [4.69, 9.17) is 9.84 Å². The fourth-order valence-corrected chi connectivity index (χ4v) is 1.09. The van der Waals surface area contributed by atoms with Gasteiger partial charge in [-0.1, -0.05) is 26.0 Å². The lowest BCUT2D eigenvalue weighted by atomic mass is 9.95. The molecule has 0 aromatic heterocycles. The molecule has 5 heteroatoms. The Balaban J connectivity index is 3.79. The topological polar surface area (TPSA) is 75.6 Å². The maximum absolute atomic E-state index is 11.5. The van der Waals surface area contributed by atoms with Gasteiger partial charge >= 0.3 is 5.97 Å². The Labute approximate surface area is 102 Å². The minimum Gasteiger partial charge on any atom is -0.481 e. The van der Waals surface area contributed by atoms with Crippen molar-refractivity contribution >= 4 is 11.9 Å². The van der Waals surface area contributed by atoms with Gasteiger partial charge in [-0.05, 0) is 6.92 Å². The van der Waals surface area contributed by atoms with Crippen LogP contribution in [0.15, 0.2) is 12.2 Å². The number of aliphatic carboxylic acids is 1. The van der Waals surface area contributed by atoms with Crippen molar-refractivity contribution in [2.45, 2.75) is 20.8 Å². The number of carboxylic acids is 1. The number of hydrogen-bond donors (Lipinski definition) is 2. The van der Waals surface area contributed by atoms with Crippen LogP contribution in [0, 0.1) is 11.8 Å². The maximum atomic E-state index is 11.5. The summed E-state index contributed by atoms with van der Waals surface area (Å²) in [7, 11) is 0. The van der Waals surface area contributed by atoms with Crippen LogP contribution in [-0.4, -0.2) is 36.7 Å². The van der Waals surface area contributed by atoms with Crippen molar-refractivity contribution in [2.75, 3.05) is 19.8 Å². The molecule has 0 bridgehead atoms. The second-order valence-corrected chi connectivity index (χ2v) is 4.22. The van der Waals surface area contributed by atoms with Crippen molar-refractivity contribution in [3.05, 3.63) is 12.2 Å². The molecule has 5 nitrogen and oxygen atoms in total. The molecule has 0 saturated heterocycles. The van der Waals surface area contributed by atoms with E-state index in [1.54, 1.807) is 6.92 Å². The number of carboxylic acid groups (broad SMARTS) is 1. The summed E-state index contributed by atoms with van der Waals surface area (Å²) < 4.78 is 5.20. The van der Waals surface area contributed by atoms with Crippen LogP contribution in [0.2, 0.25) is 0 Å². The van der Waals surface area contributed by atoms with E-state index in [9.17, 15) is 9.59 Å². The van der Waals surface area contributed by atoms with Gasteiger partial charge in [-0.3, -0.25) is 9.59 Å². The molecule has 0 aromatic carbocycles. The lowest BCUT2D eigenvalue weighted by Gasteiger charge is -2.15. The van der Waals surface area contributed by atoms with Crippen molar-refractivity contribution in [1.29, 1.82) is 0 Å². The van der Waals surface area contributed by atoms with Crippen molar-refractivity contribution in [2.24, 2.45) is 11.8 Å². The van der Waals surface area contributed by atoms with Gasteiger partial charge in [0.1, 0.15) is 0 Å². The smallest absolute Gasteiger partial charge is 0.307 e. The lowest BCUT2D eigenvalue weighted by Crippen LogP contribution is -2.36. The summed E-state index contributed by atoms with van der Waals surface area (Å²) in [6.45, 7) is 9.90. The number of nitrogens with one attached hydrogen (secondary N) is 1. The molecule has 0 rings (SSSR count). The van der Waals surface area contributed by atoms with Gasteiger partial charge in [0.05, 0.1) is 19.1 Å². The SMILES string of the molecule is C=C(C)COCCNC(=O)C(C)C(C)C(=O)O. The normalized spacial score (nSPS) is 13.8. The Morgan fingerprint density at radius 1 is 1.35 bits per heavy atom. The van der Waals surface area contributed by atoms with Crippen LogP contribution < -0.4 is 5.32 Å². The summed E-state index contributed by atoms with van der Waals surface area (Å²) in [6.07, 6.45) is 0. The maximum Gasteiger partial charge on any atom is 0.307 e. The molecule has 98 valence electrons. The average molecular weight is 243 g/mol. The highest BCUT2D eigenvalue weighted by atomic mass is 16.5. The first-order valence-corrected chi connectivity index (χ1v) is 5.59. The zero-order valence-electron chi connectivity index (χ0n) is 10.7. The lowest BCUT2D eigenvalue weighted by molar-refractivity contribution is -0.146. The first kappa shape index (κ1) is 15.6.